The van der Waals surface area contributed by atoms with Crippen molar-refractivity contribution in [3.05, 3.63) is 94.8 Å². The van der Waals surface area contributed by atoms with Gasteiger partial charge in [-0.3, -0.25) is 9.62 Å². The van der Waals surface area contributed by atoms with Crippen LogP contribution in [0.2, 0.25) is 0 Å². The average molecular weight is 467 g/mol. The molecule has 0 bridgehead atoms. The molecule has 33 heavy (non-hydrogen) atoms. The van der Waals surface area contributed by atoms with E-state index in [0.29, 0.717) is 5.69 Å². The Bertz CT molecular complexity index is 1230. The Kier molecular flexibility index (Phi) is 6.34. The number of nitrogens with one attached hydrogen (secondary N) is 1. The van der Waals surface area contributed by atoms with Crippen LogP contribution in [-0.4, -0.2) is 19.9 Å². The van der Waals surface area contributed by atoms with Gasteiger partial charge in [0, 0.05) is 24.8 Å². The molecule has 3 aromatic rings. The molecule has 6 heteroatoms. The van der Waals surface area contributed by atoms with Gasteiger partial charge in [-0.1, -0.05) is 51.1 Å². The minimum atomic E-state index is -3.73. The summed E-state index contributed by atoms with van der Waals surface area (Å²) in [4.78, 5) is 2.66. The molecule has 3 aromatic carbocycles. The fourth-order valence-electron chi connectivity index (χ4n) is 4.25. The molecule has 1 N–H and O–H groups in total. The molecule has 0 aliphatic carbocycles. The first-order valence-corrected chi connectivity index (χ1v) is 12.8. The van der Waals surface area contributed by atoms with E-state index in [-0.39, 0.29) is 16.4 Å². The molecule has 1 aliphatic rings. The van der Waals surface area contributed by atoms with E-state index in [9.17, 15) is 12.8 Å². The van der Waals surface area contributed by atoms with Crippen molar-refractivity contribution >= 4 is 15.7 Å². The third kappa shape index (κ3) is 5.28. The van der Waals surface area contributed by atoms with E-state index in [2.05, 4.69) is 61.6 Å². The molecule has 1 heterocycles. The van der Waals surface area contributed by atoms with Crippen LogP contribution in [0.15, 0.2) is 71.6 Å². The lowest BCUT2D eigenvalue weighted by Crippen LogP contribution is -2.33. The number of sulfonamides is 1. The topological polar surface area (TPSA) is 49.4 Å². The summed E-state index contributed by atoms with van der Waals surface area (Å²) in [6.45, 7) is 10.5. The van der Waals surface area contributed by atoms with Crippen molar-refractivity contribution in [1.29, 1.82) is 0 Å². The zero-order chi connectivity index (χ0) is 23.8. The minimum Gasteiger partial charge on any atom is -0.292 e. The highest BCUT2D eigenvalue weighted by atomic mass is 32.2. The minimum absolute atomic E-state index is 0.134. The maximum absolute atomic E-state index is 13.1. The second kappa shape index (κ2) is 8.92. The maximum atomic E-state index is 13.1. The van der Waals surface area contributed by atoms with E-state index >= 15 is 0 Å². The first-order valence-electron chi connectivity index (χ1n) is 11.3. The monoisotopic (exact) mass is 466 g/mol. The molecule has 1 aliphatic heterocycles. The van der Waals surface area contributed by atoms with E-state index in [1.54, 1.807) is 12.1 Å². The number of fused-ring (bicyclic) bond motifs is 1. The Hall–Kier alpha value is -2.70. The van der Waals surface area contributed by atoms with Crippen LogP contribution in [0.1, 0.15) is 56.0 Å². The molecule has 0 spiro atoms. The molecule has 1 unspecified atom stereocenters. The van der Waals surface area contributed by atoms with E-state index in [1.165, 1.54) is 35.4 Å². The van der Waals surface area contributed by atoms with Crippen LogP contribution in [0.4, 0.5) is 10.1 Å². The van der Waals surface area contributed by atoms with Gasteiger partial charge in [-0.2, -0.15) is 0 Å². The van der Waals surface area contributed by atoms with Gasteiger partial charge in [0.1, 0.15) is 5.82 Å². The number of hydrogen-bond donors (Lipinski definition) is 1. The van der Waals surface area contributed by atoms with E-state index in [1.807, 2.05) is 6.07 Å². The lowest BCUT2D eigenvalue weighted by molar-refractivity contribution is 0.192. The number of anilines is 1. The molecular weight excluding hydrogens is 435 g/mol. The highest BCUT2D eigenvalue weighted by Crippen LogP contribution is 2.31. The second-order valence-corrected chi connectivity index (χ2v) is 11.5. The van der Waals surface area contributed by atoms with Crippen LogP contribution < -0.4 is 4.72 Å². The van der Waals surface area contributed by atoms with Crippen LogP contribution in [0.3, 0.4) is 0 Å². The molecule has 4 nitrogen and oxygen atoms in total. The SMILES string of the molecule is CC(c1ccc(C(C)(C)C)cc1)N1CCc2cc(S(=O)(=O)Nc3ccc(F)cc3)ccc2C1. The highest BCUT2D eigenvalue weighted by Gasteiger charge is 2.24. The first kappa shape index (κ1) is 23.5. The molecule has 0 radical (unpaired) electrons. The normalized spacial score (nSPS) is 15.7. The van der Waals surface area contributed by atoms with Crippen LogP contribution in [0.25, 0.3) is 0 Å². The highest BCUT2D eigenvalue weighted by molar-refractivity contribution is 7.92. The maximum Gasteiger partial charge on any atom is 0.261 e. The van der Waals surface area contributed by atoms with Crippen LogP contribution >= 0.6 is 0 Å². The number of benzene rings is 3. The van der Waals surface area contributed by atoms with Crippen LogP contribution in [0, 0.1) is 5.82 Å². The Balaban J connectivity index is 1.48. The van der Waals surface area contributed by atoms with E-state index < -0.39 is 15.8 Å². The molecule has 0 saturated carbocycles. The average Bonchev–Trinajstić information content (AvgIpc) is 2.79. The third-order valence-electron chi connectivity index (χ3n) is 6.43. The molecule has 4 rings (SSSR count). The molecule has 1 atom stereocenters. The summed E-state index contributed by atoms with van der Waals surface area (Å²) in [5.41, 5.74) is 5.30. The first-order chi connectivity index (χ1) is 15.5. The van der Waals surface area contributed by atoms with Crippen molar-refractivity contribution in [3.8, 4) is 0 Å². The zero-order valence-electron chi connectivity index (χ0n) is 19.6. The summed E-state index contributed by atoms with van der Waals surface area (Å²) in [7, 11) is -3.73. The molecule has 174 valence electrons. The van der Waals surface area contributed by atoms with Crippen molar-refractivity contribution in [2.45, 2.75) is 57.0 Å². The molecule has 0 aromatic heterocycles. The smallest absolute Gasteiger partial charge is 0.261 e. The number of nitrogens with zero attached hydrogens (tertiary/aromatic N) is 1. The Labute approximate surface area is 196 Å². The summed E-state index contributed by atoms with van der Waals surface area (Å²) in [6.07, 6.45) is 0.791. The van der Waals surface area contributed by atoms with Gasteiger partial charge in [0.2, 0.25) is 0 Å². The fraction of sp³-hybridized carbons (Fsp3) is 0.333. The Morgan fingerprint density at radius 3 is 2.24 bits per heavy atom. The molecular formula is C27H31FN2O2S. The van der Waals surface area contributed by atoms with Crippen molar-refractivity contribution in [1.82, 2.24) is 4.90 Å². The standard InChI is InChI=1S/C27H31FN2O2S/c1-19(20-5-8-23(9-6-20)27(2,3)4)30-16-15-21-17-26(14-7-22(21)18-30)33(31,32)29-25-12-10-24(28)11-13-25/h5-14,17,19,29H,15-16,18H2,1-4H3. The second-order valence-electron chi connectivity index (χ2n) is 9.81. The quantitative estimate of drug-likeness (QED) is 0.498. The van der Waals surface area contributed by atoms with Gasteiger partial charge in [0.15, 0.2) is 0 Å². The van der Waals surface area contributed by atoms with Crippen LogP contribution in [0.5, 0.6) is 0 Å². The fourth-order valence-corrected chi connectivity index (χ4v) is 5.36. The van der Waals surface area contributed by atoms with E-state index in [4.69, 9.17) is 0 Å². The van der Waals surface area contributed by atoms with Gasteiger partial charge >= 0.3 is 0 Å². The van der Waals surface area contributed by atoms with Crippen molar-refractivity contribution in [2.24, 2.45) is 0 Å². The number of hydrogen-bond acceptors (Lipinski definition) is 3. The van der Waals surface area contributed by atoms with Gasteiger partial charge in [-0.05, 0) is 77.4 Å². The summed E-state index contributed by atoms with van der Waals surface area (Å²) < 4.78 is 41.3. The lowest BCUT2D eigenvalue weighted by Gasteiger charge is -2.34. The van der Waals surface area contributed by atoms with Gasteiger partial charge in [0.05, 0.1) is 4.90 Å². The summed E-state index contributed by atoms with van der Waals surface area (Å²) >= 11 is 0. The molecule has 0 amide bonds. The van der Waals surface area contributed by atoms with Crippen molar-refractivity contribution in [3.63, 3.8) is 0 Å². The summed E-state index contributed by atoms with van der Waals surface area (Å²) in [6, 6.07) is 19.8. The lowest BCUT2D eigenvalue weighted by atomic mass is 9.86. The predicted octanol–water partition coefficient (Wildman–Crippen LogP) is 6.04. The van der Waals surface area contributed by atoms with Gasteiger partial charge in [0.25, 0.3) is 10.0 Å². The third-order valence-corrected chi connectivity index (χ3v) is 7.81. The summed E-state index contributed by atoms with van der Waals surface area (Å²) in [5, 5.41) is 0. The van der Waals surface area contributed by atoms with Crippen molar-refractivity contribution < 1.29 is 12.8 Å². The summed E-state index contributed by atoms with van der Waals surface area (Å²) in [5.74, 6) is -0.407. The predicted molar refractivity (Wildman–Crippen MR) is 131 cm³/mol. The molecule has 0 saturated heterocycles. The van der Waals surface area contributed by atoms with Crippen LogP contribution in [-0.2, 0) is 28.4 Å². The van der Waals surface area contributed by atoms with Gasteiger partial charge in [-0.25, -0.2) is 12.8 Å². The van der Waals surface area contributed by atoms with E-state index in [0.717, 1.165) is 30.6 Å². The Morgan fingerprint density at radius 1 is 0.939 bits per heavy atom. The van der Waals surface area contributed by atoms with Gasteiger partial charge < -0.3 is 0 Å². The Morgan fingerprint density at radius 2 is 1.61 bits per heavy atom. The zero-order valence-corrected chi connectivity index (χ0v) is 20.4. The molecule has 0 fully saturated rings. The van der Waals surface area contributed by atoms with Gasteiger partial charge in [-0.15, -0.1) is 0 Å². The van der Waals surface area contributed by atoms with Crippen molar-refractivity contribution in [2.75, 3.05) is 11.3 Å². The number of halogens is 1. The number of rotatable bonds is 5. The largest absolute Gasteiger partial charge is 0.292 e.